The highest BCUT2D eigenvalue weighted by Crippen LogP contribution is 2.27. The van der Waals surface area contributed by atoms with E-state index in [4.69, 9.17) is 4.74 Å². The molecule has 7 heteroatoms. The maximum atomic E-state index is 5.91. The molecule has 1 aromatic carbocycles. The molecule has 0 atom stereocenters. The van der Waals surface area contributed by atoms with Gasteiger partial charge in [-0.1, -0.05) is 6.07 Å². The molecule has 0 unspecified atom stereocenters. The van der Waals surface area contributed by atoms with Crippen LogP contribution in [0.2, 0.25) is 0 Å². The normalized spacial score (nSPS) is 10.3. The highest BCUT2D eigenvalue weighted by molar-refractivity contribution is 5.57. The zero-order chi connectivity index (χ0) is 19.0. The molecule has 4 rings (SSSR count). The topological polar surface area (TPSA) is 84.9 Å². The van der Waals surface area contributed by atoms with Crippen LogP contribution < -0.4 is 15.4 Å². The van der Waals surface area contributed by atoms with Crippen molar-refractivity contribution in [2.45, 2.75) is 6.54 Å². The number of hydrogen-bond acceptors (Lipinski definition) is 7. The molecule has 0 aliphatic heterocycles. The van der Waals surface area contributed by atoms with Crippen LogP contribution in [-0.2, 0) is 6.54 Å². The van der Waals surface area contributed by atoms with Crippen molar-refractivity contribution in [1.82, 2.24) is 19.9 Å². The zero-order valence-electron chi connectivity index (χ0n) is 15.0. The standard InChI is InChI=1S/C21H18N6O/c1-2-10-23-19(3-1)27-17-4-6-18(7-5-17)28-21-20(24-13-14-25-21)26-15-16-8-11-22-12-9-16/h1-14H,15H2,(H,23,27)(H,24,26). The van der Waals surface area contributed by atoms with Gasteiger partial charge in [0.2, 0.25) is 0 Å². The number of hydrogen-bond donors (Lipinski definition) is 2. The molecule has 7 nitrogen and oxygen atoms in total. The number of rotatable bonds is 7. The van der Waals surface area contributed by atoms with Crippen molar-refractivity contribution in [3.63, 3.8) is 0 Å². The lowest BCUT2D eigenvalue weighted by atomic mass is 10.3. The van der Waals surface area contributed by atoms with Gasteiger partial charge in [-0.05, 0) is 54.1 Å². The molecule has 0 saturated carbocycles. The molecule has 0 saturated heterocycles. The van der Waals surface area contributed by atoms with Crippen LogP contribution in [-0.4, -0.2) is 19.9 Å². The Morgan fingerprint density at radius 2 is 1.57 bits per heavy atom. The SMILES string of the molecule is c1ccc(Nc2ccc(Oc3nccnc3NCc3ccncc3)cc2)nc1. The molecule has 0 fully saturated rings. The quantitative estimate of drug-likeness (QED) is 0.498. The summed E-state index contributed by atoms with van der Waals surface area (Å²) in [6, 6.07) is 17.2. The molecular weight excluding hydrogens is 352 g/mol. The number of aromatic nitrogens is 4. The third-order valence-corrected chi connectivity index (χ3v) is 3.88. The second kappa shape index (κ2) is 8.59. The van der Waals surface area contributed by atoms with Crippen LogP contribution in [0.25, 0.3) is 0 Å². The maximum Gasteiger partial charge on any atom is 0.262 e. The Morgan fingerprint density at radius 3 is 2.36 bits per heavy atom. The van der Waals surface area contributed by atoms with Crippen LogP contribution in [0.5, 0.6) is 11.6 Å². The minimum absolute atomic E-state index is 0.419. The number of pyridine rings is 2. The fraction of sp³-hybridized carbons (Fsp3) is 0.0476. The zero-order valence-corrected chi connectivity index (χ0v) is 15.0. The lowest BCUT2D eigenvalue weighted by Gasteiger charge is -2.11. The van der Waals surface area contributed by atoms with Gasteiger partial charge in [0.05, 0.1) is 0 Å². The Labute approximate surface area is 162 Å². The highest BCUT2D eigenvalue weighted by atomic mass is 16.5. The Hall–Kier alpha value is -4.00. The number of anilines is 3. The van der Waals surface area contributed by atoms with E-state index in [0.717, 1.165) is 17.1 Å². The molecule has 0 spiro atoms. The summed E-state index contributed by atoms with van der Waals surface area (Å²) in [5.41, 5.74) is 2.01. The minimum atomic E-state index is 0.419. The van der Waals surface area contributed by atoms with Crippen molar-refractivity contribution in [3.8, 4) is 11.6 Å². The molecule has 0 radical (unpaired) electrons. The lowest BCUT2D eigenvalue weighted by Crippen LogP contribution is -2.04. The van der Waals surface area contributed by atoms with Gasteiger partial charge < -0.3 is 15.4 Å². The van der Waals surface area contributed by atoms with Crippen LogP contribution in [0, 0.1) is 0 Å². The van der Waals surface area contributed by atoms with Crippen LogP contribution >= 0.6 is 0 Å². The van der Waals surface area contributed by atoms with Gasteiger partial charge in [-0.2, -0.15) is 0 Å². The number of nitrogens with zero attached hydrogens (tertiary/aromatic N) is 4. The van der Waals surface area contributed by atoms with E-state index in [-0.39, 0.29) is 0 Å². The van der Waals surface area contributed by atoms with Crippen molar-refractivity contribution < 1.29 is 4.74 Å². The molecule has 3 aromatic heterocycles. The van der Waals surface area contributed by atoms with Gasteiger partial charge in [-0.3, -0.25) is 4.98 Å². The molecule has 2 N–H and O–H groups in total. The van der Waals surface area contributed by atoms with Gasteiger partial charge in [-0.25, -0.2) is 15.0 Å². The van der Waals surface area contributed by atoms with Crippen molar-refractivity contribution in [2.24, 2.45) is 0 Å². The summed E-state index contributed by atoms with van der Waals surface area (Å²) in [6.07, 6.45) is 8.48. The Balaban J connectivity index is 1.42. The molecule has 28 heavy (non-hydrogen) atoms. The molecule has 0 aliphatic rings. The summed E-state index contributed by atoms with van der Waals surface area (Å²) in [5, 5.41) is 6.48. The van der Waals surface area contributed by atoms with Crippen molar-refractivity contribution >= 4 is 17.3 Å². The Kier molecular flexibility index (Phi) is 5.34. The van der Waals surface area contributed by atoms with E-state index in [1.54, 1.807) is 31.0 Å². The van der Waals surface area contributed by atoms with Crippen LogP contribution in [0.15, 0.2) is 85.6 Å². The molecule has 4 aromatic rings. The smallest absolute Gasteiger partial charge is 0.262 e. The van der Waals surface area contributed by atoms with Crippen LogP contribution in [0.1, 0.15) is 5.56 Å². The van der Waals surface area contributed by atoms with E-state index in [1.807, 2.05) is 54.6 Å². The fourth-order valence-corrected chi connectivity index (χ4v) is 2.51. The third-order valence-electron chi connectivity index (χ3n) is 3.88. The number of ether oxygens (including phenoxy) is 1. The molecule has 3 heterocycles. The first-order valence-corrected chi connectivity index (χ1v) is 8.76. The molecular formula is C21H18N6O. The average molecular weight is 370 g/mol. The Bertz CT molecular complexity index is 1010. The van der Waals surface area contributed by atoms with Gasteiger partial charge in [0, 0.05) is 43.2 Å². The Morgan fingerprint density at radius 1 is 0.750 bits per heavy atom. The fourth-order valence-electron chi connectivity index (χ4n) is 2.51. The first-order valence-electron chi connectivity index (χ1n) is 8.76. The largest absolute Gasteiger partial charge is 0.436 e. The van der Waals surface area contributed by atoms with Gasteiger partial charge in [-0.15, -0.1) is 0 Å². The highest BCUT2D eigenvalue weighted by Gasteiger charge is 2.08. The van der Waals surface area contributed by atoms with Crippen LogP contribution in [0.4, 0.5) is 17.3 Å². The lowest BCUT2D eigenvalue weighted by molar-refractivity contribution is 0.462. The average Bonchev–Trinajstić information content (AvgIpc) is 2.76. The van der Waals surface area contributed by atoms with E-state index in [9.17, 15) is 0 Å². The third kappa shape index (κ3) is 4.59. The number of benzene rings is 1. The van der Waals surface area contributed by atoms with Gasteiger partial charge in [0.1, 0.15) is 11.6 Å². The summed E-state index contributed by atoms with van der Waals surface area (Å²) in [6.45, 7) is 0.602. The van der Waals surface area contributed by atoms with Crippen LogP contribution in [0.3, 0.4) is 0 Å². The second-order valence-corrected chi connectivity index (χ2v) is 5.89. The van der Waals surface area contributed by atoms with Crippen molar-refractivity contribution in [1.29, 1.82) is 0 Å². The number of nitrogens with one attached hydrogen (secondary N) is 2. The molecule has 0 aliphatic carbocycles. The predicted octanol–water partition coefficient (Wildman–Crippen LogP) is 4.41. The summed E-state index contributed by atoms with van der Waals surface area (Å²) in [7, 11) is 0. The first-order chi connectivity index (χ1) is 13.9. The summed E-state index contributed by atoms with van der Waals surface area (Å²) >= 11 is 0. The maximum absolute atomic E-state index is 5.91. The van der Waals surface area contributed by atoms with E-state index >= 15 is 0 Å². The summed E-state index contributed by atoms with van der Waals surface area (Å²) < 4.78 is 5.91. The monoisotopic (exact) mass is 370 g/mol. The van der Waals surface area contributed by atoms with Crippen molar-refractivity contribution in [2.75, 3.05) is 10.6 Å². The molecule has 0 bridgehead atoms. The molecule has 0 amide bonds. The predicted molar refractivity (Wildman–Crippen MR) is 108 cm³/mol. The first kappa shape index (κ1) is 17.4. The van der Waals surface area contributed by atoms with E-state index < -0.39 is 0 Å². The molecule has 138 valence electrons. The van der Waals surface area contributed by atoms with E-state index in [1.165, 1.54) is 0 Å². The van der Waals surface area contributed by atoms with E-state index in [2.05, 4.69) is 30.6 Å². The van der Waals surface area contributed by atoms with Gasteiger partial charge in [0.25, 0.3) is 5.88 Å². The second-order valence-electron chi connectivity index (χ2n) is 5.89. The summed E-state index contributed by atoms with van der Waals surface area (Å²) in [4.78, 5) is 16.9. The van der Waals surface area contributed by atoms with E-state index in [0.29, 0.717) is 24.0 Å². The van der Waals surface area contributed by atoms with Gasteiger partial charge in [0.15, 0.2) is 5.82 Å². The van der Waals surface area contributed by atoms with Gasteiger partial charge >= 0.3 is 0 Å². The minimum Gasteiger partial charge on any atom is -0.436 e. The van der Waals surface area contributed by atoms with Crippen molar-refractivity contribution in [3.05, 3.63) is 91.1 Å². The summed E-state index contributed by atoms with van der Waals surface area (Å²) in [5.74, 6) is 2.45.